The van der Waals surface area contributed by atoms with Crippen LogP contribution in [0, 0.1) is 5.41 Å². The van der Waals surface area contributed by atoms with Gasteiger partial charge < -0.3 is 19.3 Å². The van der Waals surface area contributed by atoms with E-state index in [2.05, 4.69) is 0 Å². The molecule has 48 heavy (non-hydrogen) atoms. The number of fused-ring (bicyclic) bond motifs is 1. The van der Waals surface area contributed by atoms with Gasteiger partial charge in [-0.15, -0.1) is 0 Å². The van der Waals surface area contributed by atoms with Crippen molar-refractivity contribution in [2.75, 3.05) is 23.8 Å². The first kappa shape index (κ1) is 34.4. The maximum Gasteiger partial charge on any atom is 0.340 e. The second-order valence-corrected chi connectivity index (χ2v) is 13.6. The standard InChI is InChI=1S/C39H41N3O5S/c1-5-47-37(46)29-21-12-14-23-31(29)41(35(43)33(27-17-8-6-9-18-27)28-19-10-7-11-20-28)25-16-26-48-38-40-30-22-13-15-24-32(30)42(38)34(36(44)45)39(2,3)4/h6-15,17-24,33-34H,5,16,25-26H2,1-4H3,(H,44,45). The predicted molar refractivity (Wildman–Crippen MR) is 191 cm³/mol. The van der Waals surface area contributed by atoms with E-state index in [0.717, 1.165) is 22.2 Å². The number of nitrogens with zero attached hydrogens (tertiary/aromatic N) is 3. The number of benzene rings is 4. The van der Waals surface area contributed by atoms with E-state index >= 15 is 0 Å². The van der Waals surface area contributed by atoms with E-state index in [1.165, 1.54) is 11.8 Å². The zero-order chi connectivity index (χ0) is 34.3. The molecule has 5 rings (SSSR count). The van der Waals surface area contributed by atoms with Gasteiger partial charge >= 0.3 is 11.9 Å². The van der Waals surface area contributed by atoms with Gasteiger partial charge in [-0.05, 0) is 54.2 Å². The first-order valence-corrected chi connectivity index (χ1v) is 17.1. The number of hydrogen-bond donors (Lipinski definition) is 1. The fraction of sp³-hybridized carbons (Fsp3) is 0.282. The Morgan fingerprint density at radius 2 is 1.44 bits per heavy atom. The number of carbonyl (C=O) groups excluding carboxylic acids is 2. The summed E-state index contributed by atoms with van der Waals surface area (Å²) in [5.41, 5.74) is 3.40. The highest BCUT2D eigenvalue weighted by atomic mass is 32.2. The van der Waals surface area contributed by atoms with Crippen LogP contribution in [0.4, 0.5) is 5.69 Å². The van der Waals surface area contributed by atoms with Crippen molar-refractivity contribution in [3.63, 3.8) is 0 Å². The van der Waals surface area contributed by atoms with Crippen molar-refractivity contribution in [1.82, 2.24) is 9.55 Å². The average molecular weight is 664 g/mol. The molecule has 1 aromatic heterocycles. The molecule has 1 unspecified atom stereocenters. The summed E-state index contributed by atoms with van der Waals surface area (Å²) in [6, 6.07) is 33.0. The molecule has 0 aliphatic heterocycles. The molecular weight excluding hydrogens is 623 g/mol. The average Bonchev–Trinajstić information content (AvgIpc) is 3.42. The minimum Gasteiger partial charge on any atom is -0.480 e. The van der Waals surface area contributed by atoms with E-state index in [-0.39, 0.29) is 12.5 Å². The lowest BCUT2D eigenvalue weighted by molar-refractivity contribution is -0.144. The third kappa shape index (κ3) is 7.63. The highest BCUT2D eigenvalue weighted by molar-refractivity contribution is 7.99. The number of amides is 1. The Kier molecular flexibility index (Phi) is 11.0. The third-order valence-corrected chi connectivity index (χ3v) is 9.14. The number of aliphatic carboxylic acids is 1. The van der Waals surface area contributed by atoms with E-state index in [1.807, 2.05) is 116 Å². The van der Waals surface area contributed by atoms with Crippen LogP contribution in [-0.4, -0.2) is 51.4 Å². The van der Waals surface area contributed by atoms with Gasteiger partial charge in [0.1, 0.15) is 6.04 Å². The molecule has 0 aliphatic rings. The number of carboxylic acids is 1. The van der Waals surface area contributed by atoms with Gasteiger partial charge in [0, 0.05) is 12.3 Å². The molecule has 1 heterocycles. The van der Waals surface area contributed by atoms with Crippen LogP contribution < -0.4 is 4.90 Å². The predicted octanol–water partition coefficient (Wildman–Crippen LogP) is 8.23. The zero-order valence-electron chi connectivity index (χ0n) is 27.7. The number of rotatable bonds is 13. The number of carbonyl (C=O) groups is 3. The van der Waals surface area contributed by atoms with E-state index in [9.17, 15) is 19.5 Å². The van der Waals surface area contributed by atoms with Crippen LogP contribution in [0.5, 0.6) is 0 Å². The molecule has 8 nitrogen and oxygen atoms in total. The fourth-order valence-electron chi connectivity index (χ4n) is 5.99. The zero-order valence-corrected chi connectivity index (χ0v) is 28.5. The van der Waals surface area contributed by atoms with Crippen LogP contribution in [-0.2, 0) is 14.3 Å². The number of carboxylic acid groups (broad SMARTS) is 1. The number of imidazole rings is 1. The normalized spacial score (nSPS) is 12.2. The number of hydrogen-bond acceptors (Lipinski definition) is 6. The summed E-state index contributed by atoms with van der Waals surface area (Å²) in [5.74, 6) is -1.64. The van der Waals surface area contributed by atoms with Crippen molar-refractivity contribution in [3.8, 4) is 0 Å². The van der Waals surface area contributed by atoms with Crippen molar-refractivity contribution in [2.24, 2.45) is 5.41 Å². The van der Waals surface area contributed by atoms with E-state index in [1.54, 1.807) is 30.0 Å². The topological polar surface area (TPSA) is 102 Å². The summed E-state index contributed by atoms with van der Waals surface area (Å²) >= 11 is 1.46. The molecule has 0 fully saturated rings. The Balaban J connectivity index is 1.49. The molecule has 1 amide bonds. The first-order valence-electron chi connectivity index (χ1n) is 16.1. The maximum absolute atomic E-state index is 14.8. The van der Waals surface area contributed by atoms with Gasteiger partial charge in [-0.1, -0.05) is 117 Å². The SMILES string of the molecule is CCOC(=O)c1ccccc1N(CCCSc1nc2ccccc2n1C(C(=O)O)C(C)(C)C)C(=O)C(c1ccccc1)c1ccccc1. The Labute approximate surface area is 285 Å². The number of thioether (sulfide) groups is 1. The number of aromatic nitrogens is 2. The molecule has 1 N–H and O–H groups in total. The van der Waals surface area contributed by atoms with Gasteiger partial charge in [-0.2, -0.15) is 0 Å². The van der Waals surface area contributed by atoms with Crippen molar-refractivity contribution >= 4 is 46.3 Å². The summed E-state index contributed by atoms with van der Waals surface area (Å²) in [4.78, 5) is 47.0. The molecule has 0 radical (unpaired) electrons. The minimum absolute atomic E-state index is 0.167. The summed E-state index contributed by atoms with van der Waals surface area (Å²) in [6.07, 6.45) is 0.542. The third-order valence-electron chi connectivity index (χ3n) is 8.10. The Hall–Kier alpha value is -4.89. The summed E-state index contributed by atoms with van der Waals surface area (Å²) in [5, 5.41) is 10.9. The number of ether oxygens (including phenoxy) is 1. The molecule has 0 saturated carbocycles. The van der Waals surface area contributed by atoms with Crippen molar-refractivity contribution in [2.45, 2.75) is 51.2 Å². The van der Waals surface area contributed by atoms with Gasteiger partial charge in [-0.25, -0.2) is 14.6 Å². The first-order chi connectivity index (χ1) is 23.1. The molecule has 0 bridgehead atoms. The van der Waals surface area contributed by atoms with E-state index < -0.39 is 29.3 Å². The Bertz CT molecular complexity index is 1830. The van der Waals surface area contributed by atoms with Gasteiger partial charge in [0.25, 0.3) is 0 Å². The molecular formula is C39H41N3O5S. The van der Waals surface area contributed by atoms with E-state index in [4.69, 9.17) is 9.72 Å². The lowest BCUT2D eigenvalue weighted by atomic mass is 9.86. The van der Waals surface area contributed by atoms with Crippen LogP contribution in [0.2, 0.25) is 0 Å². The fourth-order valence-corrected chi connectivity index (χ4v) is 6.95. The number of para-hydroxylation sites is 3. The quantitative estimate of drug-likeness (QED) is 0.0769. The van der Waals surface area contributed by atoms with Crippen LogP contribution in [0.1, 0.15) is 67.6 Å². The molecule has 4 aromatic carbocycles. The summed E-state index contributed by atoms with van der Waals surface area (Å²) in [6.45, 7) is 8.01. The monoisotopic (exact) mass is 663 g/mol. The largest absolute Gasteiger partial charge is 0.480 e. The maximum atomic E-state index is 14.8. The lowest BCUT2D eigenvalue weighted by Gasteiger charge is -2.30. The highest BCUT2D eigenvalue weighted by Gasteiger charge is 2.36. The summed E-state index contributed by atoms with van der Waals surface area (Å²) < 4.78 is 7.20. The van der Waals surface area contributed by atoms with Crippen LogP contribution in [0.3, 0.4) is 0 Å². The Morgan fingerprint density at radius 3 is 2.04 bits per heavy atom. The second kappa shape index (κ2) is 15.3. The van der Waals surface area contributed by atoms with Gasteiger partial charge in [-0.3, -0.25) is 4.79 Å². The molecule has 0 spiro atoms. The van der Waals surface area contributed by atoms with Crippen LogP contribution in [0.15, 0.2) is 114 Å². The molecule has 1 atom stereocenters. The van der Waals surface area contributed by atoms with E-state index in [0.29, 0.717) is 35.1 Å². The molecule has 0 aliphatic carbocycles. The summed E-state index contributed by atoms with van der Waals surface area (Å²) in [7, 11) is 0. The molecule has 0 saturated heterocycles. The second-order valence-electron chi connectivity index (χ2n) is 12.5. The van der Waals surface area contributed by atoms with Gasteiger partial charge in [0.05, 0.1) is 34.8 Å². The molecule has 248 valence electrons. The van der Waals surface area contributed by atoms with Crippen molar-refractivity contribution < 1.29 is 24.2 Å². The van der Waals surface area contributed by atoms with Gasteiger partial charge in [0.2, 0.25) is 5.91 Å². The minimum atomic E-state index is -0.923. The highest BCUT2D eigenvalue weighted by Crippen LogP contribution is 2.38. The Morgan fingerprint density at radius 1 is 0.854 bits per heavy atom. The lowest BCUT2D eigenvalue weighted by Crippen LogP contribution is -2.38. The van der Waals surface area contributed by atoms with Crippen molar-refractivity contribution in [1.29, 1.82) is 0 Å². The number of esters is 1. The smallest absolute Gasteiger partial charge is 0.340 e. The van der Waals surface area contributed by atoms with Gasteiger partial charge in [0.15, 0.2) is 5.16 Å². The number of anilines is 1. The van der Waals surface area contributed by atoms with Crippen LogP contribution in [0.25, 0.3) is 11.0 Å². The molecule has 9 heteroatoms. The van der Waals surface area contributed by atoms with Crippen molar-refractivity contribution in [3.05, 3.63) is 126 Å². The van der Waals surface area contributed by atoms with Crippen LogP contribution >= 0.6 is 11.8 Å². The molecule has 5 aromatic rings.